The monoisotopic (exact) mass is 324 g/mol. The summed E-state index contributed by atoms with van der Waals surface area (Å²) in [5.41, 5.74) is 1.92. The summed E-state index contributed by atoms with van der Waals surface area (Å²) in [6.07, 6.45) is 0.946. The zero-order valence-electron chi connectivity index (χ0n) is 11.1. The van der Waals surface area contributed by atoms with Gasteiger partial charge in [0.1, 0.15) is 6.04 Å². The van der Waals surface area contributed by atoms with Gasteiger partial charge >= 0.3 is 0 Å². The van der Waals surface area contributed by atoms with Gasteiger partial charge in [-0.25, -0.2) is 0 Å². The average Bonchev–Trinajstić information content (AvgIpc) is 2.48. The second kappa shape index (κ2) is 5.74. The lowest BCUT2D eigenvalue weighted by molar-refractivity contribution is -0.125. The third kappa shape index (κ3) is 3.15. The molecule has 1 N–H and O–H groups in total. The SMILES string of the molecule is CCC1NC(=O)CCN(c2cc(C)cc(Br)c2)C1=O. The van der Waals surface area contributed by atoms with Gasteiger partial charge in [0.2, 0.25) is 11.8 Å². The molecule has 1 atom stereocenters. The summed E-state index contributed by atoms with van der Waals surface area (Å²) >= 11 is 3.44. The highest BCUT2D eigenvalue weighted by Crippen LogP contribution is 2.24. The summed E-state index contributed by atoms with van der Waals surface area (Å²) in [6.45, 7) is 4.31. The topological polar surface area (TPSA) is 49.4 Å². The number of aryl methyl sites for hydroxylation is 1. The molecule has 0 bridgehead atoms. The maximum Gasteiger partial charge on any atom is 0.249 e. The Hall–Kier alpha value is -1.36. The zero-order valence-corrected chi connectivity index (χ0v) is 12.7. The molecule has 0 radical (unpaired) electrons. The van der Waals surface area contributed by atoms with Gasteiger partial charge in [-0.2, -0.15) is 0 Å². The van der Waals surface area contributed by atoms with Crippen molar-refractivity contribution in [1.29, 1.82) is 0 Å². The first kappa shape index (κ1) is 14.1. The number of carbonyl (C=O) groups is 2. The fourth-order valence-corrected chi connectivity index (χ4v) is 2.84. The van der Waals surface area contributed by atoms with Gasteiger partial charge in [0.05, 0.1) is 0 Å². The number of amides is 2. The number of carbonyl (C=O) groups excluding carboxylic acids is 2. The van der Waals surface area contributed by atoms with Gasteiger partial charge in [0.25, 0.3) is 0 Å². The number of hydrogen-bond donors (Lipinski definition) is 1. The Bertz CT molecular complexity index is 496. The summed E-state index contributed by atoms with van der Waals surface area (Å²) in [5, 5.41) is 2.77. The molecule has 1 aromatic rings. The van der Waals surface area contributed by atoms with E-state index in [4.69, 9.17) is 0 Å². The van der Waals surface area contributed by atoms with E-state index in [0.29, 0.717) is 19.4 Å². The number of nitrogens with one attached hydrogen (secondary N) is 1. The summed E-state index contributed by atoms with van der Waals surface area (Å²) < 4.78 is 0.937. The molecule has 2 rings (SSSR count). The molecule has 1 aliphatic heterocycles. The van der Waals surface area contributed by atoms with Gasteiger partial charge in [-0.05, 0) is 37.1 Å². The lowest BCUT2D eigenvalue weighted by Crippen LogP contribution is -2.44. The quantitative estimate of drug-likeness (QED) is 0.908. The van der Waals surface area contributed by atoms with Crippen molar-refractivity contribution >= 4 is 33.4 Å². The Balaban J connectivity index is 2.35. The Labute approximate surface area is 121 Å². The molecular formula is C14H17BrN2O2. The van der Waals surface area contributed by atoms with Gasteiger partial charge in [0, 0.05) is 23.1 Å². The summed E-state index contributed by atoms with van der Waals surface area (Å²) in [5.74, 6) is -0.0970. The second-order valence-corrected chi connectivity index (χ2v) is 5.67. The van der Waals surface area contributed by atoms with Gasteiger partial charge in [-0.3, -0.25) is 9.59 Å². The third-order valence-corrected chi connectivity index (χ3v) is 3.67. The van der Waals surface area contributed by atoms with E-state index in [1.165, 1.54) is 0 Å². The van der Waals surface area contributed by atoms with Crippen molar-refractivity contribution in [3.63, 3.8) is 0 Å². The minimum atomic E-state index is -0.422. The molecule has 0 spiro atoms. The molecule has 19 heavy (non-hydrogen) atoms. The molecule has 1 unspecified atom stereocenters. The van der Waals surface area contributed by atoms with Crippen LogP contribution < -0.4 is 10.2 Å². The number of nitrogens with zero attached hydrogens (tertiary/aromatic N) is 1. The Morgan fingerprint density at radius 1 is 1.37 bits per heavy atom. The smallest absolute Gasteiger partial charge is 0.249 e. The van der Waals surface area contributed by atoms with E-state index in [9.17, 15) is 9.59 Å². The summed E-state index contributed by atoms with van der Waals surface area (Å²) in [6, 6.07) is 5.44. The highest BCUT2D eigenvalue weighted by molar-refractivity contribution is 9.10. The van der Waals surface area contributed by atoms with Crippen molar-refractivity contribution in [3.8, 4) is 0 Å². The molecule has 102 valence electrons. The maximum atomic E-state index is 12.4. The molecule has 1 heterocycles. The molecule has 1 fully saturated rings. The van der Waals surface area contributed by atoms with Crippen LogP contribution >= 0.6 is 15.9 Å². The van der Waals surface area contributed by atoms with Crippen molar-refractivity contribution in [2.45, 2.75) is 32.7 Å². The predicted octanol–water partition coefficient (Wildman–Crippen LogP) is 2.39. The average molecular weight is 325 g/mol. The van der Waals surface area contributed by atoms with Crippen LogP contribution in [0.25, 0.3) is 0 Å². The first-order valence-electron chi connectivity index (χ1n) is 6.39. The Morgan fingerprint density at radius 3 is 2.74 bits per heavy atom. The van der Waals surface area contributed by atoms with Crippen molar-refractivity contribution in [2.75, 3.05) is 11.4 Å². The van der Waals surface area contributed by atoms with Crippen LogP contribution in [0.2, 0.25) is 0 Å². The van der Waals surface area contributed by atoms with Crippen LogP contribution in [0.5, 0.6) is 0 Å². The number of halogens is 1. The first-order valence-corrected chi connectivity index (χ1v) is 7.18. The largest absolute Gasteiger partial charge is 0.344 e. The maximum absolute atomic E-state index is 12.4. The van der Waals surface area contributed by atoms with E-state index in [1.807, 2.05) is 32.0 Å². The van der Waals surface area contributed by atoms with Crippen LogP contribution in [0.4, 0.5) is 5.69 Å². The number of anilines is 1. The van der Waals surface area contributed by atoms with Gasteiger partial charge in [0.15, 0.2) is 0 Å². The minimum absolute atomic E-state index is 0.0362. The van der Waals surface area contributed by atoms with E-state index < -0.39 is 6.04 Å². The van der Waals surface area contributed by atoms with Crippen LogP contribution in [0.3, 0.4) is 0 Å². The van der Waals surface area contributed by atoms with Crippen molar-refractivity contribution in [2.24, 2.45) is 0 Å². The number of rotatable bonds is 2. The molecule has 1 aliphatic rings. The molecule has 1 aromatic carbocycles. The van der Waals surface area contributed by atoms with Gasteiger partial charge in [-0.1, -0.05) is 22.9 Å². The van der Waals surface area contributed by atoms with E-state index >= 15 is 0 Å². The van der Waals surface area contributed by atoms with E-state index in [0.717, 1.165) is 15.7 Å². The highest BCUT2D eigenvalue weighted by atomic mass is 79.9. The molecule has 0 saturated carbocycles. The molecule has 5 heteroatoms. The lowest BCUT2D eigenvalue weighted by Gasteiger charge is -2.24. The van der Waals surface area contributed by atoms with Crippen LogP contribution in [0.1, 0.15) is 25.3 Å². The molecule has 1 saturated heterocycles. The minimum Gasteiger partial charge on any atom is -0.344 e. The van der Waals surface area contributed by atoms with E-state index in [1.54, 1.807) is 4.90 Å². The first-order chi connectivity index (χ1) is 9.01. The Kier molecular flexibility index (Phi) is 4.24. The van der Waals surface area contributed by atoms with Gasteiger partial charge < -0.3 is 10.2 Å². The van der Waals surface area contributed by atoms with E-state index in [-0.39, 0.29) is 11.8 Å². The number of benzene rings is 1. The second-order valence-electron chi connectivity index (χ2n) is 4.76. The lowest BCUT2D eigenvalue weighted by atomic mass is 10.1. The predicted molar refractivity (Wildman–Crippen MR) is 78.1 cm³/mol. The Morgan fingerprint density at radius 2 is 2.11 bits per heavy atom. The fraction of sp³-hybridized carbons (Fsp3) is 0.429. The summed E-state index contributed by atoms with van der Waals surface area (Å²) in [7, 11) is 0. The standard InChI is InChI=1S/C14H17BrN2O2/c1-3-12-14(19)17(5-4-13(18)16-12)11-7-9(2)6-10(15)8-11/h6-8,12H,3-5H2,1-2H3,(H,16,18). The van der Waals surface area contributed by atoms with Crippen LogP contribution in [0, 0.1) is 6.92 Å². The van der Waals surface area contributed by atoms with Crippen molar-refractivity contribution < 1.29 is 9.59 Å². The van der Waals surface area contributed by atoms with Crippen LogP contribution in [0.15, 0.2) is 22.7 Å². The third-order valence-electron chi connectivity index (χ3n) is 3.21. The molecule has 0 aliphatic carbocycles. The van der Waals surface area contributed by atoms with Crippen LogP contribution in [-0.2, 0) is 9.59 Å². The van der Waals surface area contributed by atoms with Crippen molar-refractivity contribution in [1.82, 2.24) is 5.32 Å². The highest BCUT2D eigenvalue weighted by Gasteiger charge is 2.29. The molecular weight excluding hydrogens is 308 g/mol. The molecule has 4 nitrogen and oxygen atoms in total. The normalized spacial score (nSPS) is 20.2. The fourth-order valence-electron chi connectivity index (χ4n) is 2.25. The number of hydrogen-bond acceptors (Lipinski definition) is 2. The van der Waals surface area contributed by atoms with E-state index in [2.05, 4.69) is 21.2 Å². The summed E-state index contributed by atoms with van der Waals surface area (Å²) in [4.78, 5) is 25.7. The molecule has 2 amide bonds. The molecule has 0 aromatic heterocycles. The zero-order chi connectivity index (χ0) is 14.0. The van der Waals surface area contributed by atoms with Gasteiger partial charge in [-0.15, -0.1) is 0 Å². The van der Waals surface area contributed by atoms with Crippen molar-refractivity contribution in [3.05, 3.63) is 28.2 Å². The van der Waals surface area contributed by atoms with Crippen LogP contribution in [-0.4, -0.2) is 24.4 Å².